The van der Waals surface area contributed by atoms with Crippen LogP contribution >= 0.6 is 0 Å². The van der Waals surface area contributed by atoms with Gasteiger partial charge in [0.2, 0.25) is 5.88 Å². The Morgan fingerprint density at radius 1 is 1.35 bits per heavy atom. The topological polar surface area (TPSA) is 89.4 Å². The summed E-state index contributed by atoms with van der Waals surface area (Å²) in [5.74, 6) is -0.751. The Morgan fingerprint density at radius 3 is 2.59 bits per heavy atom. The molecule has 3 N–H and O–H groups in total. The number of carboxylic acid groups (broad SMARTS) is 1. The first-order valence-corrected chi connectivity index (χ1v) is 5.06. The zero-order chi connectivity index (χ0) is 12.6. The lowest BCUT2D eigenvalue weighted by Gasteiger charge is -2.07. The van der Waals surface area contributed by atoms with Crippen molar-refractivity contribution in [2.24, 2.45) is 0 Å². The number of nitrogens with zero attached hydrogens (tertiary/aromatic N) is 1. The predicted molar refractivity (Wildman–Crippen MR) is 62.8 cm³/mol. The average molecular weight is 232 g/mol. The Kier molecular flexibility index (Phi) is 2.59. The largest absolute Gasteiger partial charge is 0.478 e. The molecule has 0 aliphatic carbocycles. The monoisotopic (exact) mass is 232 g/mol. The lowest BCUT2D eigenvalue weighted by atomic mass is 9.98. The van der Waals surface area contributed by atoms with Gasteiger partial charge in [0.05, 0.1) is 5.56 Å². The molecular formula is C12H12N2O3. The van der Waals surface area contributed by atoms with Crippen LogP contribution in [0.15, 0.2) is 22.7 Å². The summed E-state index contributed by atoms with van der Waals surface area (Å²) in [6.07, 6.45) is 0. The Hall–Kier alpha value is -2.30. The number of hydrogen-bond donors (Lipinski definition) is 2. The lowest BCUT2D eigenvalue weighted by Crippen LogP contribution is -2.02. The van der Waals surface area contributed by atoms with Gasteiger partial charge in [0, 0.05) is 11.6 Å². The fourth-order valence-electron chi connectivity index (χ4n) is 1.65. The molecule has 2 aromatic rings. The van der Waals surface area contributed by atoms with Crippen LogP contribution in [0.5, 0.6) is 0 Å². The Balaban J connectivity index is 2.60. The smallest absolute Gasteiger partial charge is 0.335 e. The molecule has 0 saturated heterocycles. The number of carbonyl (C=O) groups is 1. The van der Waals surface area contributed by atoms with E-state index in [1.807, 2.05) is 13.0 Å². The van der Waals surface area contributed by atoms with Crippen molar-refractivity contribution in [3.05, 3.63) is 34.9 Å². The highest BCUT2D eigenvalue weighted by atomic mass is 16.5. The molecule has 0 radical (unpaired) electrons. The second-order valence-electron chi connectivity index (χ2n) is 3.89. The van der Waals surface area contributed by atoms with Gasteiger partial charge >= 0.3 is 5.97 Å². The molecule has 0 saturated carbocycles. The fraction of sp³-hybridized carbons (Fsp3) is 0.167. The van der Waals surface area contributed by atoms with Gasteiger partial charge in [-0.2, -0.15) is 0 Å². The number of aryl methyl sites for hydroxylation is 1. The number of carboxylic acids is 1. The van der Waals surface area contributed by atoms with E-state index in [0.717, 1.165) is 11.1 Å². The van der Waals surface area contributed by atoms with Crippen molar-refractivity contribution >= 4 is 11.9 Å². The van der Waals surface area contributed by atoms with Crippen molar-refractivity contribution in [1.82, 2.24) is 5.16 Å². The number of aromatic nitrogens is 1. The standard InChI is InChI=1S/C12H12N2O3/c1-6-3-8(10-5-11(13)17-14-10)4-9(7(6)2)12(15)16/h3-5H,13H2,1-2H3,(H,15,16). The number of anilines is 1. The number of hydrogen-bond acceptors (Lipinski definition) is 4. The SMILES string of the molecule is Cc1cc(-c2cc(N)on2)cc(C(=O)O)c1C. The summed E-state index contributed by atoms with van der Waals surface area (Å²) in [5, 5.41) is 12.9. The normalized spacial score (nSPS) is 10.5. The Bertz CT molecular complexity index is 587. The molecule has 0 aliphatic heterocycles. The van der Waals surface area contributed by atoms with Crippen LogP contribution in [0.4, 0.5) is 5.88 Å². The van der Waals surface area contributed by atoms with Gasteiger partial charge in [0.1, 0.15) is 5.69 Å². The molecule has 1 heterocycles. The number of nitrogens with two attached hydrogens (primary N) is 1. The summed E-state index contributed by atoms with van der Waals surface area (Å²) in [6.45, 7) is 3.63. The second-order valence-corrected chi connectivity index (χ2v) is 3.89. The maximum absolute atomic E-state index is 11.1. The zero-order valence-corrected chi connectivity index (χ0v) is 9.52. The minimum Gasteiger partial charge on any atom is -0.478 e. The molecule has 1 aromatic heterocycles. The van der Waals surface area contributed by atoms with Crippen LogP contribution in [0.1, 0.15) is 21.5 Å². The van der Waals surface area contributed by atoms with Gasteiger partial charge in [-0.25, -0.2) is 4.79 Å². The summed E-state index contributed by atoms with van der Waals surface area (Å²) in [6, 6.07) is 5.00. The van der Waals surface area contributed by atoms with Crippen molar-refractivity contribution in [2.45, 2.75) is 13.8 Å². The van der Waals surface area contributed by atoms with E-state index in [-0.39, 0.29) is 11.4 Å². The molecule has 1 aromatic carbocycles. The summed E-state index contributed by atoms with van der Waals surface area (Å²) in [7, 11) is 0. The number of aromatic carboxylic acids is 1. The highest BCUT2D eigenvalue weighted by Crippen LogP contribution is 2.25. The van der Waals surface area contributed by atoms with E-state index in [2.05, 4.69) is 5.16 Å². The van der Waals surface area contributed by atoms with Gasteiger partial charge in [-0.15, -0.1) is 0 Å². The van der Waals surface area contributed by atoms with Gasteiger partial charge in [-0.3, -0.25) is 0 Å². The zero-order valence-electron chi connectivity index (χ0n) is 9.52. The minimum atomic E-state index is -0.955. The molecule has 0 amide bonds. The molecule has 5 heteroatoms. The molecule has 0 unspecified atom stereocenters. The highest BCUT2D eigenvalue weighted by molar-refractivity contribution is 5.91. The van der Waals surface area contributed by atoms with Crippen molar-refractivity contribution in [3.8, 4) is 11.3 Å². The van der Waals surface area contributed by atoms with Crippen molar-refractivity contribution in [2.75, 3.05) is 5.73 Å². The maximum atomic E-state index is 11.1. The molecule has 17 heavy (non-hydrogen) atoms. The van der Waals surface area contributed by atoms with Crippen LogP contribution in [0.25, 0.3) is 11.3 Å². The lowest BCUT2D eigenvalue weighted by molar-refractivity contribution is 0.0696. The number of benzene rings is 1. The van der Waals surface area contributed by atoms with Gasteiger partial charge in [0.15, 0.2) is 0 Å². The molecule has 0 aliphatic rings. The molecular weight excluding hydrogens is 220 g/mol. The third kappa shape index (κ3) is 1.99. The van der Waals surface area contributed by atoms with Crippen molar-refractivity contribution < 1.29 is 14.4 Å². The number of nitrogen functional groups attached to an aromatic ring is 1. The molecule has 5 nitrogen and oxygen atoms in total. The van der Waals surface area contributed by atoms with E-state index in [9.17, 15) is 4.79 Å². The fourth-order valence-corrected chi connectivity index (χ4v) is 1.65. The van der Waals surface area contributed by atoms with E-state index in [0.29, 0.717) is 11.3 Å². The second kappa shape index (κ2) is 3.93. The van der Waals surface area contributed by atoms with Crippen molar-refractivity contribution in [3.63, 3.8) is 0 Å². The first-order valence-electron chi connectivity index (χ1n) is 5.06. The molecule has 0 fully saturated rings. The van der Waals surface area contributed by atoms with Crippen LogP contribution in [0, 0.1) is 13.8 Å². The van der Waals surface area contributed by atoms with Crippen LogP contribution < -0.4 is 5.73 Å². The summed E-state index contributed by atoms with van der Waals surface area (Å²) < 4.78 is 4.77. The highest BCUT2D eigenvalue weighted by Gasteiger charge is 2.13. The third-order valence-corrected chi connectivity index (χ3v) is 2.72. The predicted octanol–water partition coefficient (Wildman–Crippen LogP) is 2.24. The van der Waals surface area contributed by atoms with Crippen LogP contribution in [0.3, 0.4) is 0 Å². The third-order valence-electron chi connectivity index (χ3n) is 2.72. The van der Waals surface area contributed by atoms with E-state index >= 15 is 0 Å². The van der Waals surface area contributed by atoms with Crippen LogP contribution in [0.2, 0.25) is 0 Å². The van der Waals surface area contributed by atoms with E-state index in [1.54, 1.807) is 19.1 Å². The number of rotatable bonds is 2. The quantitative estimate of drug-likeness (QED) is 0.828. The van der Waals surface area contributed by atoms with Crippen LogP contribution in [-0.2, 0) is 0 Å². The van der Waals surface area contributed by atoms with Gasteiger partial charge in [-0.05, 0) is 37.1 Å². The maximum Gasteiger partial charge on any atom is 0.335 e. The van der Waals surface area contributed by atoms with Crippen molar-refractivity contribution in [1.29, 1.82) is 0 Å². The first kappa shape index (κ1) is 11.2. The molecule has 0 atom stereocenters. The average Bonchev–Trinajstić information content (AvgIpc) is 2.68. The summed E-state index contributed by atoms with van der Waals surface area (Å²) in [4.78, 5) is 11.1. The van der Waals surface area contributed by atoms with E-state index in [4.69, 9.17) is 15.4 Å². The Labute approximate surface area is 97.8 Å². The van der Waals surface area contributed by atoms with Crippen LogP contribution in [-0.4, -0.2) is 16.2 Å². The molecule has 88 valence electrons. The Morgan fingerprint density at radius 2 is 2.06 bits per heavy atom. The minimum absolute atomic E-state index is 0.204. The van der Waals surface area contributed by atoms with E-state index in [1.165, 1.54) is 0 Å². The summed E-state index contributed by atoms with van der Waals surface area (Å²) in [5.41, 5.74) is 8.56. The van der Waals surface area contributed by atoms with Gasteiger partial charge in [0.25, 0.3) is 0 Å². The molecule has 0 bridgehead atoms. The molecule has 0 spiro atoms. The van der Waals surface area contributed by atoms with E-state index < -0.39 is 5.97 Å². The van der Waals surface area contributed by atoms with Gasteiger partial charge in [-0.1, -0.05) is 5.16 Å². The summed E-state index contributed by atoms with van der Waals surface area (Å²) >= 11 is 0. The molecule has 2 rings (SSSR count). The first-order chi connectivity index (χ1) is 7.99. The van der Waals surface area contributed by atoms with Gasteiger partial charge < -0.3 is 15.4 Å².